The molecule has 0 aliphatic heterocycles. The number of hydrogen-bond donors (Lipinski definition) is 3. The molecular weight excluding hydrogens is 464 g/mol. The quantitative estimate of drug-likeness (QED) is 0.377. The van der Waals surface area contributed by atoms with Gasteiger partial charge in [0, 0.05) is 25.8 Å². The maximum atomic E-state index is 12.9. The molecule has 2 heterocycles. The van der Waals surface area contributed by atoms with E-state index >= 15 is 0 Å². The second-order valence-electron chi connectivity index (χ2n) is 7.95. The van der Waals surface area contributed by atoms with E-state index < -0.39 is 30.7 Å². The molecule has 1 saturated carbocycles. The first-order chi connectivity index (χ1) is 16.2. The van der Waals surface area contributed by atoms with Crippen molar-refractivity contribution in [3.63, 3.8) is 0 Å². The molecule has 3 aromatic rings. The lowest BCUT2D eigenvalue weighted by atomic mass is 9.79. The highest BCUT2D eigenvalue weighted by Crippen LogP contribution is 2.43. The number of halogens is 4. The molecule has 1 aliphatic carbocycles. The molecule has 2 aromatic heterocycles. The number of fused-ring (bicyclic) bond motifs is 1. The van der Waals surface area contributed by atoms with Gasteiger partial charge in [0.1, 0.15) is 5.82 Å². The van der Waals surface area contributed by atoms with Gasteiger partial charge in [-0.2, -0.15) is 0 Å². The van der Waals surface area contributed by atoms with E-state index in [-0.39, 0.29) is 49.9 Å². The number of carbonyl (C=O) groups excluding carboxylic acids is 2. The van der Waals surface area contributed by atoms with Crippen LogP contribution in [0.4, 0.5) is 17.6 Å². The zero-order valence-corrected chi connectivity index (χ0v) is 17.6. The SMILES string of the molecule is O=C(CC1CC(F)(F)C1)NCc1ccc2nc(CNC(=O)c3nonc3OCC(F)F)[nH]c2c1. The van der Waals surface area contributed by atoms with Crippen LogP contribution in [-0.4, -0.2) is 51.1 Å². The summed E-state index contributed by atoms with van der Waals surface area (Å²) in [6.07, 6.45) is -3.19. The van der Waals surface area contributed by atoms with Crippen LogP contribution >= 0.6 is 0 Å². The highest BCUT2D eigenvalue weighted by Gasteiger charge is 2.45. The summed E-state index contributed by atoms with van der Waals surface area (Å²) in [5.41, 5.74) is 1.66. The standard InChI is InChI=1S/C20H20F4N6O4/c21-14(22)9-33-19-17(29-34-30-19)18(32)26-8-15-27-12-2-1-10(3-13(12)28-15)7-25-16(31)4-11-5-20(23,24)6-11/h1-3,11,14H,4-9H2,(H,25,31)(H,26,32)(H,27,28). The highest BCUT2D eigenvalue weighted by atomic mass is 19.3. The molecule has 0 spiro atoms. The van der Waals surface area contributed by atoms with Crippen molar-refractivity contribution in [2.75, 3.05) is 6.61 Å². The summed E-state index contributed by atoms with van der Waals surface area (Å²) >= 11 is 0. The molecule has 0 bridgehead atoms. The lowest BCUT2D eigenvalue weighted by Gasteiger charge is -2.34. The lowest BCUT2D eigenvalue weighted by Crippen LogP contribution is -2.38. The number of aromatic nitrogens is 4. The predicted molar refractivity (Wildman–Crippen MR) is 107 cm³/mol. The van der Waals surface area contributed by atoms with Crippen molar-refractivity contribution in [1.29, 1.82) is 0 Å². The number of hydrogen-bond acceptors (Lipinski definition) is 7. The number of rotatable bonds is 10. The summed E-state index contributed by atoms with van der Waals surface area (Å²) < 4.78 is 59.4. The van der Waals surface area contributed by atoms with E-state index in [0.717, 1.165) is 5.56 Å². The lowest BCUT2D eigenvalue weighted by molar-refractivity contribution is -0.133. The first kappa shape index (κ1) is 23.4. The number of amides is 2. The molecule has 4 rings (SSSR count). The van der Waals surface area contributed by atoms with Gasteiger partial charge in [0.25, 0.3) is 18.2 Å². The normalized spacial score (nSPS) is 15.3. The Bertz CT molecular complexity index is 1170. The Hall–Kier alpha value is -3.71. The van der Waals surface area contributed by atoms with Gasteiger partial charge in [0.2, 0.25) is 17.5 Å². The molecule has 3 N–H and O–H groups in total. The Labute approximate surface area is 189 Å². The molecule has 0 unspecified atom stereocenters. The topological polar surface area (TPSA) is 135 Å². The number of nitrogens with zero attached hydrogens (tertiary/aromatic N) is 3. The van der Waals surface area contributed by atoms with Crippen LogP contribution in [0.1, 0.15) is 41.1 Å². The number of carbonyl (C=O) groups is 2. The summed E-state index contributed by atoms with van der Waals surface area (Å²) in [4.78, 5) is 31.6. The highest BCUT2D eigenvalue weighted by molar-refractivity contribution is 5.94. The molecule has 10 nitrogen and oxygen atoms in total. The number of benzene rings is 1. The van der Waals surface area contributed by atoms with E-state index in [1.165, 1.54) is 0 Å². The molecule has 0 radical (unpaired) electrons. The summed E-state index contributed by atoms with van der Waals surface area (Å²) in [6, 6.07) is 5.25. The number of aromatic amines is 1. The molecule has 14 heteroatoms. The van der Waals surface area contributed by atoms with Gasteiger partial charge in [-0.15, -0.1) is 0 Å². The average molecular weight is 484 g/mol. The van der Waals surface area contributed by atoms with E-state index in [2.05, 4.69) is 40.3 Å². The van der Waals surface area contributed by atoms with Crippen LogP contribution in [0.15, 0.2) is 22.8 Å². The van der Waals surface area contributed by atoms with Gasteiger partial charge in [-0.1, -0.05) is 6.07 Å². The summed E-state index contributed by atoms with van der Waals surface area (Å²) in [5.74, 6) is -4.01. The van der Waals surface area contributed by atoms with Crippen molar-refractivity contribution in [3.8, 4) is 5.88 Å². The van der Waals surface area contributed by atoms with Crippen LogP contribution < -0.4 is 15.4 Å². The predicted octanol–water partition coefficient (Wildman–Crippen LogP) is 2.57. The average Bonchev–Trinajstić information content (AvgIpc) is 3.39. The van der Waals surface area contributed by atoms with Crippen LogP contribution in [0, 0.1) is 5.92 Å². The van der Waals surface area contributed by atoms with Crippen LogP contribution in [-0.2, 0) is 17.9 Å². The Kier molecular flexibility index (Phi) is 6.65. The van der Waals surface area contributed by atoms with Gasteiger partial charge >= 0.3 is 0 Å². The van der Waals surface area contributed by atoms with Crippen molar-refractivity contribution in [1.82, 2.24) is 30.9 Å². The summed E-state index contributed by atoms with van der Waals surface area (Å²) in [5, 5.41) is 11.9. The maximum absolute atomic E-state index is 12.9. The molecule has 182 valence electrons. The number of ether oxygens (including phenoxy) is 1. The van der Waals surface area contributed by atoms with Gasteiger partial charge in [-0.3, -0.25) is 9.59 Å². The van der Waals surface area contributed by atoms with Crippen molar-refractivity contribution >= 4 is 22.8 Å². The minimum absolute atomic E-state index is 0.0350. The smallest absolute Gasteiger partial charge is 0.289 e. The first-order valence-corrected chi connectivity index (χ1v) is 10.3. The Morgan fingerprint density at radius 1 is 1.21 bits per heavy atom. The van der Waals surface area contributed by atoms with E-state index in [4.69, 9.17) is 0 Å². The third-order valence-corrected chi connectivity index (χ3v) is 5.17. The number of nitrogens with one attached hydrogen (secondary N) is 3. The first-order valence-electron chi connectivity index (χ1n) is 10.3. The molecule has 1 aliphatic rings. The molecule has 2 amide bonds. The van der Waals surface area contributed by atoms with Crippen LogP contribution in [0.25, 0.3) is 11.0 Å². The minimum atomic E-state index is -2.75. The number of alkyl halides is 4. The summed E-state index contributed by atoms with van der Waals surface area (Å²) in [6.45, 7) is -0.770. The van der Waals surface area contributed by atoms with Crippen molar-refractivity contribution < 1.29 is 36.5 Å². The fourth-order valence-corrected chi connectivity index (χ4v) is 3.57. The Morgan fingerprint density at radius 2 is 2.00 bits per heavy atom. The Balaban J connectivity index is 1.29. The van der Waals surface area contributed by atoms with Crippen LogP contribution in [0.2, 0.25) is 0 Å². The number of imidazole rings is 1. The van der Waals surface area contributed by atoms with Crippen molar-refractivity contribution in [2.24, 2.45) is 5.92 Å². The molecule has 0 saturated heterocycles. The van der Waals surface area contributed by atoms with E-state index in [1.54, 1.807) is 18.2 Å². The third kappa shape index (κ3) is 5.80. The molecule has 34 heavy (non-hydrogen) atoms. The largest absolute Gasteiger partial charge is 0.468 e. The van der Waals surface area contributed by atoms with Crippen LogP contribution in [0.3, 0.4) is 0 Å². The molecular formula is C20H20F4N6O4. The molecule has 1 fully saturated rings. The Morgan fingerprint density at radius 3 is 2.74 bits per heavy atom. The fraction of sp³-hybridized carbons (Fsp3) is 0.450. The van der Waals surface area contributed by atoms with Crippen molar-refractivity contribution in [3.05, 3.63) is 35.3 Å². The zero-order valence-electron chi connectivity index (χ0n) is 17.6. The maximum Gasteiger partial charge on any atom is 0.289 e. The summed E-state index contributed by atoms with van der Waals surface area (Å²) in [7, 11) is 0. The van der Waals surface area contributed by atoms with Gasteiger partial charge in [0.05, 0.1) is 17.6 Å². The van der Waals surface area contributed by atoms with Gasteiger partial charge < -0.3 is 20.4 Å². The second-order valence-corrected chi connectivity index (χ2v) is 7.95. The number of H-pyrrole nitrogens is 1. The van der Waals surface area contributed by atoms with Crippen LogP contribution in [0.5, 0.6) is 5.88 Å². The second kappa shape index (κ2) is 9.65. The molecule has 0 atom stereocenters. The third-order valence-electron chi connectivity index (χ3n) is 5.17. The van der Waals surface area contributed by atoms with Crippen molar-refractivity contribution in [2.45, 2.75) is 44.7 Å². The zero-order chi connectivity index (χ0) is 24.3. The van der Waals surface area contributed by atoms with E-state index in [1.807, 2.05) is 0 Å². The van der Waals surface area contributed by atoms with Gasteiger partial charge in [0.15, 0.2) is 6.61 Å². The fourth-order valence-electron chi connectivity index (χ4n) is 3.57. The van der Waals surface area contributed by atoms with E-state index in [9.17, 15) is 27.2 Å². The van der Waals surface area contributed by atoms with E-state index in [0.29, 0.717) is 16.9 Å². The van der Waals surface area contributed by atoms with Gasteiger partial charge in [-0.25, -0.2) is 27.2 Å². The van der Waals surface area contributed by atoms with Gasteiger partial charge in [-0.05, 0) is 33.9 Å². The molecule has 1 aromatic carbocycles. The monoisotopic (exact) mass is 484 g/mol. The minimum Gasteiger partial charge on any atom is -0.468 e.